The summed E-state index contributed by atoms with van der Waals surface area (Å²) in [6.45, 7) is 2.55. The van der Waals surface area contributed by atoms with Gasteiger partial charge in [-0.1, -0.05) is 18.2 Å². The summed E-state index contributed by atoms with van der Waals surface area (Å²) in [6, 6.07) is 9.62. The van der Waals surface area contributed by atoms with Gasteiger partial charge < -0.3 is 14.0 Å². The van der Waals surface area contributed by atoms with E-state index in [2.05, 4.69) is 0 Å². The first-order chi connectivity index (χ1) is 8.74. The SMILES string of the molecule is COCCOC(=O)C(C)n1ccc2ccccc21. The Morgan fingerprint density at radius 3 is 2.83 bits per heavy atom. The molecule has 4 nitrogen and oxygen atoms in total. The Balaban J connectivity index is 2.13. The van der Waals surface area contributed by atoms with Crippen molar-refractivity contribution >= 4 is 16.9 Å². The normalized spacial score (nSPS) is 12.6. The van der Waals surface area contributed by atoms with Crippen LogP contribution in [-0.2, 0) is 14.3 Å². The maximum Gasteiger partial charge on any atom is 0.328 e. The van der Waals surface area contributed by atoms with Crippen LogP contribution in [0.1, 0.15) is 13.0 Å². The van der Waals surface area contributed by atoms with E-state index in [0.717, 1.165) is 10.9 Å². The molecule has 0 fully saturated rings. The first kappa shape index (κ1) is 12.6. The first-order valence-electron chi connectivity index (χ1n) is 5.95. The van der Waals surface area contributed by atoms with Gasteiger partial charge in [0.05, 0.1) is 6.61 Å². The van der Waals surface area contributed by atoms with Crippen LogP contribution in [0.15, 0.2) is 36.5 Å². The van der Waals surface area contributed by atoms with Crippen molar-refractivity contribution in [2.24, 2.45) is 0 Å². The highest BCUT2D eigenvalue weighted by Gasteiger charge is 2.17. The Kier molecular flexibility index (Phi) is 3.99. The number of methoxy groups -OCH3 is 1. The van der Waals surface area contributed by atoms with Crippen molar-refractivity contribution in [3.63, 3.8) is 0 Å². The lowest BCUT2D eigenvalue weighted by atomic mass is 10.2. The van der Waals surface area contributed by atoms with Crippen LogP contribution in [0.3, 0.4) is 0 Å². The molecule has 0 bridgehead atoms. The van der Waals surface area contributed by atoms with E-state index >= 15 is 0 Å². The van der Waals surface area contributed by atoms with Crippen LogP contribution >= 0.6 is 0 Å². The highest BCUT2D eigenvalue weighted by Crippen LogP contribution is 2.20. The molecule has 0 aliphatic heterocycles. The van der Waals surface area contributed by atoms with Gasteiger partial charge in [-0.25, -0.2) is 4.79 Å². The van der Waals surface area contributed by atoms with E-state index in [1.54, 1.807) is 7.11 Å². The molecule has 0 amide bonds. The van der Waals surface area contributed by atoms with Crippen LogP contribution in [0.4, 0.5) is 0 Å². The van der Waals surface area contributed by atoms with Crippen LogP contribution < -0.4 is 0 Å². The summed E-state index contributed by atoms with van der Waals surface area (Å²) in [5, 5.41) is 1.12. The van der Waals surface area contributed by atoms with Crippen LogP contribution in [0.2, 0.25) is 0 Å². The zero-order valence-corrected chi connectivity index (χ0v) is 10.6. The number of hydrogen-bond donors (Lipinski definition) is 0. The third kappa shape index (κ3) is 2.54. The molecule has 1 unspecified atom stereocenters. The van der Waals surface area contributed by atoms with Gasteiger partial charge in [-0.15, -0.1) is 0 Å². The monoisotopic (exact) mass is 247 g/mol. The molecular weight excluding hydrogens is 230 g/mol. The molecule has 96 valence electrons. The van der Waals surface area contributed by atoms with Gasteiger partial charge in [0.1, 0.15) is 12.6 Å². The number of hydrogen-bond acceptors (Lipinski definition) is 3. The van der Waals surface area contributed by atoms with Crippen LogP contribution in [-0.4, -0.2) is 30.9 Å². The second-order valence-electron chi connectivity index (χ2n) is 4.12. The fourth-order valence-electron chi connectivity index (χ4n) is 1.90. The average molecular weight is 247 g/mol. The Bertz CT molecular complexity index is 533. The van der Waals surface area contributed by atoms with Gasteiger partial charge in [-0.3, -0.25) is 0 Å². The lowest BCUT2D eigenvalue weighted by molar-refractivity contribution is -0.148. The Labute approximate surface area is 106 Å². The van der Waals surface area contributed by atoms with Gasteiger partial charge in [0.25, 0.3) is 0 Å². The summed E-state index contributed by atoms with van der Waals surface area (Å²) in [4.78, 5) is 11.9. The van der Waals surface area contributed by atoms with Gasteiger partial charge in [0.15, 0.2) is 0 Å². The molecule has 18 heavy (non-hydrogen) atoms. The Morgan fingerprint density at radius 2 is 2.06 bits per heavy atom. The molecule has 1 aromatic heterocycles. The van der Waals surface area contributed by atoms with Crippen LogP contribution in [0, 0.1) is 0 Å². The smallest absolute Gasteiger partial charge is 0.328 e. The number of benzene rings is 1. The molecule has 4 heteroatoms. The van der Waals surface area contributed by atoms with Crippen molar-refractivity contribution < 1.29 is 14.3 Å². The number of esters is 1. The van der Waals surface area contributed by atoms with Crippen molar-refractivity contribution in [1.29, 1.82) is 0 Å². The molecule has 2 aromatic rings. The Hall–Kier alpha value is -1.81. The molecule has 1 heterocycles. The van der Waals surface area contributed by atoms with Crippen molar-refractivity contribution in [2.45, 2.75) is 13.0 Å². The number of fused-ring (bicyclic) bond motifs is 1. The highest BCUT2D eigenvalue weighted by molar-refractivity contribution is 5.83. The summed E-state index contributed by atoms with van der Waals surface area (Å²) in [5.41, 5.74) is 1.04. The highest BCUT2D eigenvalue weighted by atomic mass is 16.6. The van der Waals surface area contributed by atoms with Crippen molar-refractivity contribution in [1.82, 2.24) is 4.57 Å². The van der Waals surface area contributed by atoms with Crippen molar-refractivity contribution in [3.8, 4) is 0 Å². The third-order valence-corrected chi connectivity index (χ3v) is 2.92. The average Bonchev–Trinajstić information content (AvgIpc) is 2.82. The van der Waals surface area contributed by atoms with E-state index in [1.165, 1.54) is 0 Å². The quantitative estimate of drug-likeness (QED) is 0.601. The van der Waals surface area contributed by atoms with Gasteiger partial charge in [-0.2, -0.15) is 0 Å². The summed E-state index contributed by atoms with van der Waals surface area (Å²) in [7, 11) is 1.58. The Morgan fingerprint density at radius 1 is 1.28 bits per heavy atom. The molecule has 1 atom stereocenters. The van der Waals surface area contributed by atoms with E-state index in [1.807, 2.05) is 48.0 Å². The van der Waals surface area contributed by atoms with Gasteiger partial charge >= 0.3 is 5.97 Å². The summed E-state index contributed by atoms with van der Waals surface area (Å²) >= 11 is 0. The molecule has 1 aromatic carbocycles. The fraction of sp³-hybridized carbons (Fsp3) is 0.357. The fourth-order valence-corrected chi connectivity index (χ4v) is 1.90. The number of rotatable bonds is 5. The molecule has 0 saturated carbocycles. The van der Waals surface area contributed by atoms with Crippen LogP contribution in [0.25, 0.3) is 10.9 Å². The maximum atomic E-state index is 11.9. The number of ether oxygens (including phenoxy) is 2. The standard InChI is InChI=1S/C14H17NO3/c1-11(14(16)18-10-9-17-2)15-8-7-12-5-3-4-6-13(12)15/h3-8,11H,9-10H2,1-2H3. The third-order valence-electron chi connectivity index (χ3n) is 2.92. The zero-order valence-electron chi connectivity index (χ0n) is 10.6. The maximum absolute atomic E-state index is 11.9. The number of carbonyl (C=O) groups is 1. The largest absolute Gasteiger partial charge is 0.462 e. The van der Waals surface area contributed by atoms with Gasteiger partial charge in [0, 0.05) is 18.8 Å². The summed E-state index contributed by atoms with van der Waals surface area (Å²) in [6.07, 6.45) is 1.91. The number of para-hydroxylation sites is 1. The molecule has 0 radical (unpaired) electrons. The van der Waals surface area contributed by atoms with E-state index in [0.29, 0.717) is 13.2 Å². The van der Waals surface area contributed by atoms with Crippen LogP contribution in [0.5, 0.6) is 0 Å². The van der Waals surface area contributed by atoms with Gasteiger partial charge in [0.2, 0.25) is 0 Å². The van der Waals surface area contributed by atoms with Crippen molar-refractivity contribution in [2.75, 3.05) is 20.3 Å². The lowest BCUT2D eigenvalue weighted by Gasteiger charge is -2.14. The number of aromatic nitrogens is 1. The molecule has 0 spiro atoms. The van der Waals surface area contributed by atoms with E-state index in [4.69, 9.17) is 9.47 Å². The molecule has 0 aliphatic rings. The minimum atomic E-state index is -0.332. The molecule has 0 aliphatic carbocycles. The molecule has 0 saturated heterocycles. The topological polar surface area (TPSA) is 40.5 Å². The minimum absolute atomic E-state index is 0.242. The first-order valence-corrected chi connectivity index (χ1v) is 5.95. The minimum Gasteiger partial charge on any atom is -0.462 e. The summed E-state index contributed by atoms with van der Waals surface area (Å²) < 4.78 is 11.9. The van der Waals surface area contributed by atoms with Gasteiger partial charge in [-0.05, 0) is 24.4 Å². The van der Waals surface area contributed by atoms with E-state index in [-0.39, 0.29) is 12.0 Å². The second kappa shape index (κ2) is 5.69. The molecular formula is C14H17NO3. The lowest BCUT2D eigenvalue weighted by Crippen LogP contribution is -2.20. The second-order valence-corrected chi connectivity index (χ2v) is 4.12. The zero-order chi connectivity index (χ0) is 13.0. The predicted octanol–water partition coefficient (Wildman–Crippen LogP) is 2.39. The number of nitrogens with zero attached hydrogens (tertiary/aromatic N) is 1. The predicted molar refractivity (Wildman–Crippen MR) is 69.5 cm³/mol. The molecule has 2 rings (SSSR count). The van der Waals surface area contributed by atoms with E-state index < -0.39 is 0 Å². The number of carbonyl (C=O) groups excluding carboxylic acids is 1. The molecule has 0 N–H and O–H groups in total. The van der Waals surface area contributed by atoms with Crippen molar-refractivity contribution in [3.05, 3.63) is 36.5 Å². The summed E-state index contributed by atoms with van der Waals surface area (Å²) in [5.74, 6) is -0.242. The van der Waals surface area contributed by atoms with E-state index in [9.17, 15) is 4.79 Å².